The Bertz CT molecular complexity index is 513. The summed E-state index contributed by atoms with van der Waals surface area (Å²) >= 11 is 5.97. The Morgan fingerprint density at radius 3 is 2.63 bits per heavy atom. The van der Waals surface area contributed by atoms with Gasteiger partial charge in [-0.15, -0.1) is 0 Å². The van der Waals surface area contributed by atoms with Crippen LogP contribution in [-0.4, -0.2) is 36.0 Å². The van der Waals surface area contributed by atoms with Gasteiger partial charge in [0, 0.05) is 18.6 Å². The molecule has 1 rings (SSSR count). The molecule has 0 aromatic heterocycles. The van der Waals surface area contributed by atoms with Crippen molar-refractivity contribution in [2.45, 2.75) is 6.54 Å². The minimum Gasteiger partial charge on any atom is -0.502 e. The van der Waals surface area contributed by atoms with Gasteiger partial charge in [-0.05, 0) is 11.6 Å². The molecule has 102 valence electrons. The maximum atomic E-state index is 11.7. The normalized spacial score (nSPS) is 11.0. The SMILES string of the molecule is COC(=O)C(O)=CC(=O)N(C)Cc1ccccc1Cl. The van der Waals surface area contributed by atoms with E-state index in [9.17, 15) is 14.7 Å². The van der Waals surface area contributed by atoms with Crippen LogP contribution in [0, 0.1) is 0 Å². The van der Waals surface area contributed by atoms with Crippen LogP contribution < -0.4 is 0 Å². The lowest BCUT2D eigenvalue weighted by atomic mass is 10.2. The fourth-order valence-corrected chi connectivity index (χ4v) is 1.55. The summed E-state index contributed by atoms with van der Waals surface area (Å²) < 4.78 is 4.28. The third-order valence-electron chi connectivity index (χ3n) is 2.40. The number of ether oxygens (including phenoxy) is 1. The summed E-state index contributed by atoms with van der Waals surface area (Å²) in [6.45, 7) is 0.267. The average Bonchev–Trinajstić information content (AvgIpc) is 2.40. The molecule has 0 bridgehead atoms. The summed E-state index contributed by atoms with van der Waals surface area (Å²) in [5.41, 5.74) is 0.769. The summed E-state index contributed by atoms with van der Waals surface area (Å²) in [5.74, 6) is -2.22. The number of aliphatic hydroxyl groups is 1. The molecule has 5 nitrogen and oxygen atoms in total. The highest BCUT2D eigenvalue weighted by Crippen LogP contribution is 2.16. The molecule has 1 N–H and O–H groups in total. The van der Waals surface area contributed by atoms with E-state index in [-0.39, 0.29) is 6.54 Å². The van der Waals surface area contributed by atoms with Crippen LogP contribution in [0.4, 0.5) is 0 Å². The average molecular weight is 284 g/mol. The zero-order valence-corrected chi connectivity index (χ0v) is 11.3. The zero-order chi connectivity index (χ0) is 14.4. The molecule has 0 saturated carbocycles. The predicted octanol–water partition coefficient (Wildman–Crippen LogP) is 1.91. The van der Waals surface area contributed by atoms with Gasteiger partial charge in [-0.3, -0.25) is 4.79 Å². The van der Waals surface area contributed by atoms with Gasteiger partial charge in [-0.25, -0.2) is 4.79 Å². The number of aliphatic hydroxyl groups excluding tert-OH is 1. The van der Waals surface area contributed by atoms with E-state index < -0.39 is 17.6 Å². The van der Waals surface area contributed by atoms with Crippen LogP contribution in [0.15, 0.2) is 36.1 Å². The molecule has 6 heteroatoms. The molecular weight excluding hydrogens is 270 g/mol. The van der Waals surface area contributed by atoms with Crippen molar-refractivity contribution < 1.29 is 19.4 Å². The number of benzene rings is 1. The van der Waals surface area contributed by atoms with Crippen molar-refractivity contribution in [2.24, 2.45) is 0 Å². The van der Waals surface area contributed by atoms with Crippen molar-refractivity contribution in [1.29, 1.82) is 0 Å². The largest absolute Gasteiger partial charge is 0.502 e. The summed E-state index contributed by atoms with van der Waals surface area (Å²) in [4.78, 5) is 24.0. The molecule has 0 heterocycles. The van der Waals surface area contributed by atoms with Crippen LogP contribution in [0.2, 0.25) is 5.02 Å². The molecular formula is C13H14ClNO4. The lowest BCUT2D eigenvalue weighted by Crippen LogP contribution is -2.25. The fourth-order valence-electron chi connectivity index (χ4n) is 1.35. The molecule has 19 heavy (non-hydrogen) atoms. The van der Waals surface area contributed by atoms with Crippen LogP contribution in [0.25, 0.3) is 0 Å². The second-order valence-electron chi connectivity index (χ2n) is 3.81. The summed E-state index contributed by atoms with van der Waals surface area (Å²) in [7, 11) is 2.65. The first-order valence-electron chi connectivity index (χ1n) is 5.43. The Balaban J connectivity index is 2.74. The number of carbonyl (C=O) groups excluding carboxylic acids is 2. The third kappa shape index (κ3) is 4.30. The topological polar surface area (TPSA) is 66.8 Å². The second kappa shape index (κ2) is 6.80. The van der Waals surface area contributed by atoms with Crippen LogP contribution in [-0.2, 0) is 20.9 Å². The number of esters is 1. The van der Waals surface area contributed by atoms with Crippen molar-refractivity contribution in [3.05, 3.63) is 46.7 Å². The number of carbonyl (C=O) groups is 2. The molecule has 0 aliphatic rings. The highest BCUT2D eigenvalue weighted by atomic mass is 35.5. The lowest BCUT2D eigenvalue weighted by molar-refractivity contribution is -0.139. The Kier molecular flexibility index (Phi) is 5.38. The highest BCUT2D eigenvalue weighted by molar-refractivity contribution is 6.31. The Morgan fingerprint density at radius 1 is 1.42 bits per heavy atom. The van der Waals surface area contributed by atoms with E-state index in [1.54, 1.807) is 24.3 Å². The summed E-state index contributed by atoms with van der Waals surface area (Å²) in [5, 5.41) is 9.82. The Hall–Kier alpha value is -2.01. The molecule has 1 aromatic carbocycles. The summed E-state index contributed by atoms with van der Waals surface area (Å²) in [6, 6.07) is 7.10. The monoisotopic (exact) mass is 283 g/mol. The van der Waals surface area contributed by atoms with Gasteiger partial charge in [0.05, 0.1) is 13.2 Å². The molecule has 0 aliphatic heterocycles. The molecule has 0 aliphatic carbocycles. The quantitative estimate of drug-likeness (QED) is 0.521. The molecule has 0 atom stereocenters. The van der Waals surface area contributed by atoms with Crippen molar-refractivity contribution in [3.63, 3.8) is 0 Å². The maximum absolute atomic E-state index is 11.7. The molecule has 1 amide bonds. The zero-order valence-electron chi connectivity index (χ0n) is 10.6. The van der Waals surface area contributed by atoms with E-state index in [0.29, 0.717) is 5.02 Å². The minimum atomic E-state index is -0.959. The van der Waals surface area contributed by atoms with Crippen LogP contribution in [0.1, 0.15) is 5.56 Å². The molecule has 1 aromatic rings. The van der Waals surface area contributed by atoms with Crippen molar-refractivity contribution in [1.82, 2.24) is 4.90 Å². The number of nitrogens with zero attached hydrogens (tertiary/aromatic N) is 1. The lowest BCUT2D eigenvalue weighted by Gasteiger charge is -2.16. The van der Waals surface area contributed by atoms with Crippen molar-refractivity contribution in [3.8, 4) is 0 Å². The smallest absolute Gasteiger partial charge is 0.373 e. The Labute approximate surface area is 116 Å². The standard InChI is InChI=1S/C13H14ClNO4/c1-15(8-9-5-3-4-6-10(9)14)12(17)7-11(16)13(18)19-2/h3-7,16H,8H2,1-2H3. The molecule has 0 saturated heterocycles. The van der Waals surface area contributed by atoms with Crippen LogP contribution in [0.5, 0.6) is 0 Å². The van der Waals surface area contributed by atoms with E-state index in [4.69, 9.17) is 11.6 Å². The van der Waals surface area contributed by atoms with E-state index in [2.05, 4.69) is 4.74 Å². The third-order valence-corrected chi connectivity index (χ3v) is 2.77. The van der Waals surface area contributed by atoms with Gasteiger partial charge in [0.1, 0.15) is 0 Å². The molecule has 0 fully saturated rings. The van der Waals surface area contributed by atoms with Gasteiger partial charge in [0.2, 0.25) is 5.76 Å². The predicted molar refractivity (Wildman–Crippen MR) is 70.7 cm³/mol. The van der Waals surface area contributed by atoms with E-state index >= 15 is 0 Å². The van der Waals surface area contributed by atoms with Crippen molar-refractivity contribution in [2.75, 3.05) is 14.2 Å². The van der Waals surface area contributed by atoms with E-state index in [0.717, 1.165) is 18.7 Å². The van der Waals surface area contributed by atoms with Crippen LogP contribution in [0.3, 0.4) is 0 Å². The summed E-state index contributed by atoms with van der Waals surface area (Å²) in [6.07, 6.45) is 0.808. The van der Waals surface area contributed by atoms with Gasteiger partial charge >= 0.3 is 5.97 Å². The minimum absolute atomic E-state index is 0.267. The number of rotatable bonds is 4. The van der Waals surface area contributed by atoms with E-state index in [1.165, 1.54) is 11.9 Å². The highest BCUT2D eigenvalue weighted by Gasteiger charge is 2.13. The number of hydrogen-bond acceptors (Lipinski definition) is 4. The number of hydrogen-bond donors (Lipinski definition) is 1. The van der Waals surface area contributed by atoms with Gasteiger partial charge in [0.15, 0.2) is 0 Å². The number of methoxy groups -OCH3 is 1. The first-order valence-corrected chi connectivity index (χ1v) is 5.81. The maximum Gasteiger partial charge on any atom is 0.373 e. The Morgan fingerprint density at radius 2 is 2.05 bits per heavy atom. The number of amides is 1. The molecule has 0 unspecified atom stereocenters. The van der Waals surface area contributed by atoms with Crippen molar-refractivity contribution >= 4 is 23.5 Å². The fraction of sp³-hybridized carbons (Fsp3) is 0.231. The van der Waals surface area contributed by atoms with Gasteiger partial charge < -0.3 is 14.7 Å². The van der Waals surface area contributed by atoms with Gasteiger partial charge in [0.25, 0.3) is 5.91 Å². The molecule has 0 radical (unpaired) electrons. The number of halogens is 1. The van der Waals surface area contributed by atoms with E-state index in [1.807, 2.05) is 0 Å². The van der Waals surface area contributed by atoms with Gasteiger partial charge in [-0.1, -0.05) is 29.8 Å². The van der Waals surface area contributed by atoms with Crippen LogP contribution >= 0.6 is 11.6 Å². The first-order chi connectivity index (χ1) is 8.95. The molecule has 0 spiro atoms. The number of likely N-dealkylation sites (N-methyl/N-ethyl adjacent to an activating group) is 1. The van der Waals surface area contributed by atoms with Gasteiger partial charge in [-0.2, -0.15) is 0 Å². The second-order valence-corrected chi connectivity index (χ2v) is 4.21. The first kappa shape index (κ1) is 15.0.